The lowest BCUT2D eigenvalue weighted by molar-refractivity contribution is -0.0557. The van der Waals surface area contributed by atoms with E-state index in [4.69, 9.17) is 4.74 Å². The molecule has 1 saturated carbocycles. The second-order valence-electron chi connectivity index (χ2n) is 4.73. The molecule has 1 aliphatic heterocycles. The van der Waals surface area contributed by atoms with E-state index in [0.717, 1.165) is 45.3 Å². The minimum Gasteiger partial charge on any atom is -0.390 e. The van der Waals surface area contributed by atoms with E-state index < -0.39 is 5.60 Å². The quantitative estimate of drug-likeness (QED) is 0.695. The lowest BCUT2D eigenvalue weighted by Crippen LogP contribution is -2.45. The average molecular weight is 199 g/mol. The summed E-state index contributed by atoms with van der Waals surface area (Å²) in [6, 6.07) is 0.609. The van der Waals surface area contributed by atoms with E-state index in [9.17, 15) is 5.11 Å². The van der Waals surface area contributed by atoms with E-state index in [2.05, 4.69) is 5.32 Å². The van der Waals surface area contributed by atoms with Crippen LogP contribution in [0.5, 0.6) is 0 Å². The molecule has 0 amide bonds. The molecule has 3 nitrogen and oxygen atoms in total. The monoisotopic (exact) mass is 199 g/mol. The van der Waals surface area contributed by atoms with E-state index in [1.165, 1.54) is 0 Å². The van der Waals surface area contributed by atoms with Crippen molar-refractivity contribution in [2.24, 2.45) is 5.92 Å². The average Bonchev–Trinajstić information content (AvgIpc) is 2.72. The molecule has 1 aliphatic carbocycles. The summed E-state index contributed by atoms with van der Waals surface area (Å²) in [5.41, 5.74) is -0.427. The van der Waals surface area contributed by atoms with Crippen LogP contribution in [-0.4, -0.2) is 37.0 Å². The Hall–Kier alpha value is -0.120. The van der Waals surface area contributed by atoms with Crippen LogP contribution in [0.3, 0.4) is 0 Å². The molecule has 14 heavy (non-hydrogen) atoms. The second kappa shape index (κ2) is 4.17. The fourth-order valence-electron chi connectivity index (χ4n) is 2.77. The van der Waals surface area contributed by atoms with Crippen molar-refractivity contribution < 1.29 is 9.84 Å². The van der Waals surface area contributed by atoms with Crippen LogP contribution >= 0.6 is 0 Å². The molecule has 0 spiro atoms. The maximum Gasteiger partial charge on any atom is 0.0699 e. The third-order valence-corrected chi connectivity index (χ3v) is 3.95. The first-order valence-corrected chi connectivity index (χ1v) is 5.72. The maximum atomic E-state index is 10.5. The van der Waals surface area contributed by atoms with Gasteiger partial charge in [-0.15, -0.1) is 0 Å². The summed E-state index contributed by atoms with van der Waals surface area (Å²) in [6.07, 6.45) is 5.12. The minimum absolute atomic E-state index is 0.389. The highest BCUT2D eigenvalue weighted by molar-refractivity contribution is 4.93. The molecule has 0 aromatic rings. The van der Waals surface area contributed by atoms with E-state index in [1.54, 1.807) is 0 Å². The Morgan fingerprint density at radius 3 is 2.50 bits per heavy atom. The first-order valence-electron chi connectivity index (χ1n) is 5.72. The highest BCUT2D eigenvalue weighted by Crippen LogP contribution is 2.38. The van der Waals surface area contributed by atoms with E-state index in [-0.39, 0.29) is 0 Å². The molecule has 0 bridgehead atoms. The summed E-state index contributed by atoms with van der Waals surface area (Å²) in [6.45, 7) is 1.60. The van der Waals surface area contributed by atoms with Crippen LogP contribution < -0.4 is 5.32 Å². The van der Waals surface area contributed by atoms with Crippen molar-refractivity contribution in [2.45, 2.75) is 43.7 Å². The Morgan fingerprint density at radius 1 is 1.29 bits per heavy atom. The molecule has 82 valence electrons. The largest absolute Gasteiger partial charge is 0.390 e. The van der Waals surface area contributed by atoms with Gasteiger partial charge in [-0.3, -0.25) is 0 Å². The maximum absolute atomic E-state index is 10.5. The topological polar surface area (TPSA) is 41.5 Å². The van der Waals surface area contributed by atoms with Crippen LogP contribution in [0.4, 0.5) is 0 Å². The zero-order chi connectivity index (χ0) is 10.0. The molecule has 2 N–H and O–H groups in total. The van der Waals surface area contributed by atoms with Crippen molar-refractivity contribution in [3.63, 3.8) is 0 Å². The minimum atomic E-state index is -0.427. The Bertz CT molecular complexity index is 182. The van der Waals surface area contributed by atoms with Gasteiger partial charge >= 0.3 is 0 Å². The Morgan fingerprint density at radius 2 is 2.00 bits per heavy atom. The van der Waals surface area contributed by atoms with E-state index >= 15 is 0 Å². The zero-order valence-corrected chi connectivity index (χ0v) is 8.96. The van der Waals surface area contributed by atoms with Gasteiger partial charge in [0.15, 0.2) is 0 Å². The predicted octanol–water partition coefficient (Wildman–Crippen LogP) is 0.916. The zero-order valence-electron chi connectivity index (χ0n) is 8.96. The van der Waals surface area contributed by atoms with Gasteiger partial charge in [-0.05, 0) is 39.2 Å². The van der Waals surface area contributed by atoms with Crippen molar-refractivity contribution in [2.75, 3.05) is 20.3 Å². The van der Waals surface area contributed by atoms with Gasteiger partial charge in [-0.1, -0.05) is 0 Å². The van der Waals surface area contributed by atoms with E-state index in [1.807, 2.05) is 7.05 Å². The van der Waals surface area contributed by atoms with Gasteiger partial charge in [0.2, 0.25) is 0 Å². The molecular weight excluding hydrogens is 178 g/mol. The highest BCUT2D eigenvalue weighted by atomic mass is 16.5. The highest BCUT2D eigenvalue weighted by Gasteiger charge is 2.41. The van der Waals surface area contributed by atoms with E-state index in [0.29, 0.717) is 12.0 Å². The molecule has 1 heterocycles. The third kappa shape index (κ3) is 1.95. The Labute approximate surface area is 85.8 Å². The molecule has 0 radical (unpaired) electrons. The molecule has 1 atom stereocenters. The Kier molecular flexibility index (Phi) is 3.10. The summed E-state index contributed by atoms with van der Waals surface area (Å²) in [7, 11) is 2.01. The molecule has 1 unspecified atom stereocenters. The number of rotatable bonds is 2. The lowest BCUT2D eigenvalue weighted by atomic mass is 9.74. The van der Waals surface area contributed by atoms with Gasteiger partial charge in [0.1, 0.15) is 0 Å². The molecule has 0 aromatic heterocycles. The van der Waals surface area contributed by atoms with Crippen molar-refractivity contribution in [3.05, 3.63) is 0 Å². The van der Waals surface area contributed by atoms with Crippen molar-refractivity contribution in [3.8, 4) is 0 Å². The van der Waals surface area contributed by atoms with Crippen molar-refractivity contribution in [1.29, 1.82) is 0 Å². The number of hydrogen-bond acceptors (Lipinski definition) is 3. The smallest absolute Gasteiger partial charge is 0.0699 e. The fourth-order valence-corrected chi connectivity index (χ4v) is 2.77. The first-order chi connectivity index (χ1) is 6.74. The lowest BCUT2D eigenvalue weighted by Gasteiger charge is -2.39. The van der Waals surface area contributed by atoms with Gasteiger partial charge < -0.3 is 15.2 Å². The summed E-state index contributed by atoms with van der Waals surface area (Å²) >= 11 is 0. The fraction of sp³-hybridized carbons (Fsp3) is 1.00. The van der Waals surface area contributed by atoms with Crippen molar-refractivity contribution in [1.82, 2.24) is 5.32 Å². The molecular formula is C11H21NO2. The number of ether oxygens (including phenoxy) is 1. The van der Waals surface area contributed by atoms with Crippen LogP contribution in [0.15, 0.2) is 0 Å². The van der Waals surface area contributed by atoms with Crippen LogP contribution in [-0.2, 0) is 4.74 Å². The number of aliphatic hydroxyl groups is 1. The predicted molar refractivity (Wildman–Crippen MR) is 55.2 cm³/mol. The van der Waals surface area contributed by atoms with Gasteiger partial charge in [0.05, 0.1) is 12.2 Å². The molecule has 2 aliphatic rings. The summed E-state index contributed by atoms with van der Waals surface area (Å²) < 4.78 is 5.35. The van der Waals surface area contributed by atoms with Crippen molar-refractivity contribution >= 4 is 0 Å². The molecule has 2 rings (SSSR count). The molecule has 2 fully saturated rings. The summed E-state index contributed by atoms with van der Waals surface area (Å²) in [5, 5.41) is 13.8. The second-order valence-corrected chi connectivity index (χ2v) is 4.73. The summed E-state index contributed by atoms with van der Waals surface area (Å²) in [5.74, 6) is 0.389. The third-order valence-electron chi connectivity index (χ3n) is 3.95. The van der Waals surface area contributed by atoms with Crippen LogP contribution in [0.25, 0.3) is 0 Å². The SMILES string of the molecule is CNC1CCC(O)(C2CCOC2)CC1. The van der Waals surface area contributed by atoms with Crippen LogP contribution in [0.2, 0.25) is 0 Å². The van der Waals surface area contributed by atoms with Gasteiger partial charge in [-0.2, -0.15) is 0 Å². The number of nitrogens with one attached hydrogen (secondary N) is 1. The van der Waals surface area contributed by atoms with Crippen LogP contribution in [0, 0.1) is 5.92 Å². The van der Waals surface area contributed by atoms with Gasteiger partial charge in [-0.25, -0.2) is 0 Å². The summed E-state index contributed by atoms with van der Waals surface area (Å²) in [4.78, 5) is 0. The van der Waals surface area contributed by atoms with Crippen LogP contribution in [0.1, 0.15) is 32.1 Å². The first kappa shape index (κ1) is 10.4. The molecule has 1 saturated heterocycles. The normalized spacial score (nSPS) is 44.1. The van der Waals surface area contributed by atoms with Gasteiger partial charge in [0, 0.05) is 18.6 Å². The Balaban J connectivity index is 1.90. The molecule has 0 aromatic carbocycles. The van der Waals surface area contributed by atoms with Gasteiger partial charge in [0.25, 0.3) is 0 Å². The molecule has 3 heteroatoms. The standard InChI is InChI=1S/C11H21NO2/c1-12-10-2-5-11(13,6-3-10)9-4-7-14-8-9/h9-10,12-13H,2-8H2,1H3. The number of hydrogen-bond donors (Lipinski definition) is 2.